The van der Waals surface area contributed by atoms with Crippen LogP contribution in [-0.4, -0.2) is 24.4 Å². The third-order valence-electron chi connectivity index (χ3n) is 8.84. The van der Waals surface area contributed by atoms with E-state index in [9.17, 15) is 0 Å². The maximum atomic E-state index is 6.49. The number of allylic oxidation sites excluding steroid dienone is 2. The Kier molecular flexibility index (Phi) is 3.52. The zero-order valence-corrected chi connectivity index (χ0v) is 15.9. The molecule has 0 aromatic heterocycles. The summed E-state index contributed by atoms with van der Waals surface area (Å²) in [5, 5.41) is 0.366. The van der Waals surface area contributed by atoms with Crippen molar-refractivity contribution in [2.24, 2.45) is 28.6 Å². The summed E-state index contributed by atoms with van der Waals surface area (Å²) in [5.41, 5.74) is 2.30. The van der Waals surface area contributed by atoms with E-state index < -0.39 is 0 Å². The Balaban J connectivity index is 1.49. The molecule has 0 radical (unpaired) electrons. The maximum absolute atomic E-state index is 6.49. The van der Waals surface area contributed by atoms with Gasteiger partial charge < -0.3 is 9.47 Å². The van der Waals surface area contributed by atoms with Gasteiger partial charge in [-0.3, -0.25) is 0 Å². The highest BCUT2D eigenvalue weighted by atomic mass is 35.5. The smallest absolute Gasteiger partial charge is 0.174 e. The summed E-state index contributed by atoms with van der Waals surface area (Å²) in [7, 11) is 0. The quantitative estimate of drug-likeness (QED) is 0.436. The number of alkyl halides is 1. The number of halogens is 1. The molecule has 4 fully saturated rings. The summed E-state index contributed by atoms with van der Waals surface area (Å²) < 4.78 is 12.5. The van der Waals surface area contributed by atoms with Crippen molar-refractivity contribution in [3.8, 4) is 0 Å². The van der Waals surface area contributed by atoms with Crippen LogP contribution in [0.3, 0.4) is 0 Å². The number of fused-ring (bicyclic) bond motifs is 6. The van der Waals surface area contributed by atoms with E-state index in [4.69, 9.17) is 21.1 Å². The molecule has 1 saturated heterocycles. The molecule has 3 heteroatoms. The van der Waals surface area contributed by atoms with Gasteiger partial charge in [0.15, 0.2) is 5.79 Å². The second kappa shape index (κ2) is 5.24. The Hall–Kier alpha value is -0.0500. The summed E-state index contributed by atoms with van der Waals surface area (Å²) in [4.78, 5) is 0. The molecule has 3 saturated carbocycles. The van der Waals surface area contributed by atoms with Gasteiger partial charge in [-0.2, -0.15) is 0 Å². The molecule has 5 rings (SSSR count). The predicted octanol–water partition coefficient (Wildman–Crippen LogP) is 5.30. The van der Waals surface area contributed by atoms with Crippen LogP contribution < -0.4 is 0 Å². The Labute approximate surface area is 151 Å². The number of hydrogen-bond acceptors (Lipinski definition) is 2. The minimum Gasteiger partial charge on any atom is -0.347 e. The predicted molar refractivity (Wildman–Crippen MR) is 96.0 cm³/mol. The molecule has 0 unspecified atom stereocenters. The first kappa shape index (κ1) is 16.1. The highest BCUT2D eigenvalue weighted by molar-refractivity contribution is 6.20. The zero-order chi connectivity index (χ0) is 16.6. The number of hydrogen-bond donors (Lipinski definition) is 0. The van der Waals surface area contributed by atoms with Gasteiger partial charge in [-0.25, -0.2) is 0 Å². The molecule has 5 aliphatic rings. The van der Waals surface area contributed by atoms with E-state index in [-0.39, 0.29) is 11.2 Å². The second-order valence-electron chi connectivity index (χ2n) is 9.54. The van der Waals surface area contributed by atoms with Crippen LogP contribution >= 0.6 is 11.6 Å². The lowest BCUT2D eigenvalue weighted by Crippen LogP contribution is -2.54. The van der Waals surface area contributed by atoms with Gasteiger partial charge >= 0.3 is 0 Å². The van der Waals surface area contributed by atoms with Gasteiger partial charge in [0, 0.05) is 17.2 Å². The van der Waals surface area contributed by atoms with Crippen LogP contribution in [0.25, 0.3) is 0 Å². The van der Waals surface area contributed by atoms with Crippen molar-refractivity contribution < 1.29 is 9.47 Å². The molecule has 0 bridgehead atoms. The summed E-state index contributed by atoms with van der Waals surface area (Å²) >= 11 is 6.49. The molecule has 1 heterocycles. The lowest BCUT2D eigenvalue weighted by Gasteiger charge is -2.58. The van der Waals surface area contributed by atoms with Gasteiger partial charge in [0.1, 0.15) is 0 Å². The van der Waals surface area contributed by atoms with Crippen LogP contribution in [0, 0.1) is 28.6 Å². The van der Waals surface area contributed by atoms with Gasteiger partial charge in [0.25, 0.3) is 0 Å². The first-order chi connectivity index (χ1) is 11.5. The average Bonchev–Trinajstić information content (AvgIpc) is 3.15. The van der Waals surface area contributed by atoms with Gasteiger partial charge in [-0.15, -0.1) is 11.6 Å². The fourth-order valence-electron chi connectivity index (χ4n) is 7.50. The molecule has 0 N–H and O–H groups in total. The molecule has 0 aromatic carbocycles. The number of rotatable bonds is 0. The minimum absolute atomic E-state index is 0.218. The molecule has 4 aliphatic carbocycles. The lowest BCUT2D eigenvalue weighted by molar-refractivity contribution is -0.242. The van der Waals surface area contributed by atoms with Crippen LogP contribution in [0.4, 0.5) is 0 Å². The van der Waals surface area contributed by atoms with E-state index in [2.05, 4.69) is 19.9 Å². The van der Waals surface area contributed by atoms with E-state index in [0.717, 1.165) is 43.8 Å². The minimum atomic E-state index is -0.263. The largest absolute Gasteiger partial charge is 0.347 e. The van der Waals surface area contributed by atoms with E-state index in [1.165, 1.54) is 38.5 Å². The molecular weight excluding hydrogens is 320 g/mol. The van der Waals surface area contributed by atoms with Crippen molar-refractivity contribution in [3.63, 3.8) is 0 Å². The molecule has 1 spiro atoms. The topological polar surface area (TPSA) is 18.5 Å². The Bertz CT molecular complexity index is 566. The first-order valence-electron chi connectivity index (χ1n) is 10.1. The van der Waals surface area contributed by atoms with E-state index >= 15 is 0 Å². The zero-order valence-electron chi connectivity index (χ0n) is 15.2. The van der Waals surface area contributed by atoms with E-state index in [1.807, 2.05) is 0 Å². The van der Waals surface area contributed by atoms with Crippen molar-refractivity contribution in [2.45, 2.75) is 76.4 Å². The van der Waals surface area contributed by atoms with Crippen molar-refractivity contribution in [1.29, 1.82) is 0 Å². The first-order valence-corrected chi connectivity index (χ1v) is 10.5. The van der Waals surface area contributed by atoms with Crippen LogP contribution in [0.2, 0.25) is 0 Å². The molecule has 6 atom stereocenters. The van der Waals surface area contributed by atoms with Crippen LogP contribution in [0.15, 0.2) is 11.6 Å². The third-order valence-corrected chi connectivity index (χ3v) is 9.21. The summed E-state index contributed by atoms with van der Waals surface area (Å²) in [6.45, 7) is 6.60. The van der Waals surface area contributed by atoms with E-state index in [1.54, 1.807) is 5.57 Å². The Morgan fingerprint density at radius 1 is 1.00 bits per heavy atom. The monoisotopic (exact) mass is 350 g/mol. The fraction of sp³-hybridized carbons (Fsp3) is 0.905. The van der Waals surface area contributed by atoms with E-state index in [0.29, 0.717) is 10.8 Å². The van der Waals surface area contributed by atoms with Crippen molar-refractivity contribution in [1.82, 2.24) is 0 Å². The number of ether oxygens (including phenoxy) is 2. The lowest BCUT2D eigenvalue weighted by atomic mass is 9.48. The SMILES string of the molecule is C[C@]12CC[C@@H](Cl)CC1=CC[C@H]1[C@H]2CC[C@@]2(C)[C@@H]1CCC21OCCO1. The Morgan fingerprint density at radius 3 is 2.54 bits per heavy atom. The van der Waals surface area contributed by atoms with Crippen LogP contribution in [-0.2, 0) is 9.47 Å². The molecule has 2 nitrogen and oxygen atoms in total. The van der Waals surface area contributed by atoms with Crippen molar-refractivity contribution in [2.75, 3.05) is 13.2 Å². The van der Waals surface area contributed by atoms with Crippen LogP contribution in [0.5, 0.6) is 0 Å². The van der Waals surface area contributed by atoms with Crippen molar-refractivity contribution >= 4 is 11.6 Å². The van der Waals surface area contributed by atoms with Crippen LogP contribution in [0.1, 0.15) is 65.2 Å². The average molecular weight is 351 g/mol. The molecule has 1 aliphatic heterocycles. The van der Waals surface area contributed by atoms with Gasteiger partial charge in [-0.1, -0.05) is 25.5 Å². The highest BCUT2D eigenvalue weighted by Gasteiger charge is 2.66. The third kappa shape index (κ3) is 1.91. The fourth-order valence-corrected chi connectivity index (χ4v) is 7.78. The van der Waals surface area contributed by atoms with Crippen molar-refractivity contribution in [3.05, 3.63) is 11.6 Å². The highest BCUT2D eigenvalue weighted by Crippen LogP contribution is 2.68. The van der Waals surface area contributed by atoms with Gasteiger partial charge in [0.05, 0.1) is 13.2 Å². The normalized spacial score (nSPS) is 52.5. The molecular formula is C21H31ClO2. The molecule has 0 aromatic rings. The summed E-state index contributed by atoms with van der Waals surface area (Å²) in [6, 6.07) is 0. The second-order valence-corrected chi connectivity index (χ2v) is 10.2. The molecule has 24 heavy (non-hydrogen) atoms. The summed E-state index contributed by atoms with van der Waals surface area (Å²) in [5.74, 6) is 2.16. The standard InChI is InChI=1S/C21H31ClO2/c1-19-8-5-15(22)13-14(19)3-4-16-17(19)6-9-20(2)18(16)7-10-21(20)23-11-12-24-21/h3,15-18H,4-13H2,1-2H3/t15-,16+,17-,18-,19+,20+/m1/s1. The molecule has 134 valence electrons. The Morgan fingerprint density at radius 2 is 1.75 bits per heavy atom. The summed E-state index contributed by atoms with van der Waals surface area (Å²) in [6.07, 6.45) is 12.5. The molecule has 0 amide bonds. The maximum Gasteiger partial charge on any atom is 0.174 e. The van der Waals surface area contributed by atoms with Gasteiger partial charge in [0.2, 0.25) is 0 Å². The van der Waals surface area contributed by atoms with Gasteiger partial charge in [-0.05, 0) is 68.1 Å².